The Kier molecular flexibility index (Phi) is 3.36. The molecule has 0 saturated carbocycles. The molecule has 0 bridgehead atoms. The van der Waals surface area contributed by atoms with Crippen molar-refractivity contribution in [3.8, 4) is 11.5 Å². The fourth-order valence-corrected chi connectivity index (χ4v) is 1.52. The van der Waals surface area contributed by atoms with Gasteiger partial charge in [0.05, 0.1) is 6.42 Å². The number of halogens is 1. The van der Waals surface area contributed by atoms with Crippen molar-refractivity contribution >= 4 is 5.97 Å². The van der Waals surface area contributed by atoms with Crippen LogP contribution < -0.4 is 0 Å². The van der Waals surface area contributed by atoms with Crippen LogP contribution in [0.2, 0.25) is 0 Å². The predicted octanol–water partition coefficient (Wildman–Crippen LogP) is 2.45. The molecule has 1 aromatic heterocycles. The molecule has 94 valence electrons. The fourth-order valence-electron chi connectivity index (χ4n) is 1.52. The predicted molar refractivity (Wildman–Crippen MR) is 60.4 cm³/mol. The number of aliphatic carboxylic acids is 1. The molecule has 0 spiro atoms. The molecule has 0 amide bonds. The molecule has 0 saturated heterocycles. The van der Waals surface area contributed by atoms with E-state index in [1.165, 1.54) is 18.2 Å². The summed E-state index contributed by atoms with van der Waals surface area (Å²) < 4.78 is 18.4. The summed E-state index contributed by atoms with van der Waals surface area (Å²) in [6.07, 6.45) is -0.0925. The van der Waals surface area contributed by atoms with E-state index in [9.17, 15) is 9.18 Å². The molecule has 2 aromatic rings. The molecule has 0 aliphatic rings. The smallest absolute Gasteiger partial charge is 0.304 e. The van der Waals surface area contributed by atoms with Crippen molar-refractivity contribution in [3.05, 3.63) is 36.0 Å². The summed E-state index contributed by atoms with van der Waals surface area (Å²) in [6.45, 7) is 1.68. The third kappa shape index (κ3) is 2.71. The third-order valence-electron chi connectivity index (χ3n) is 2.41. The van der Waals surface area contributed by atoms with Crippen LogP contribution in [0.4, 0.5) is 4.39 Å². The van der Waals surface area contributed by atoms with Crippen LogP contribution >= 0.6 is 0 Å². The normalized spacial score (nSPS) is 12.3. The number of nitrogens with zero attached hydrogens (tertiary/aromatic N) is 2. The van der Waals surface area contributed by atoms with E-state index in [1.807, 2.05) is 0 Å². The molecule has 1 unspecified atom stereocenters. The highest BCUT2D eigenvalue weighted by Crippen LogP contribution is 2.23. The molecule has 0 aliphatic heterocycles. The molecule has 0 radical (unpaired) electrons. The first-order valence-corrected chi connectivity index (χ1v) is 5.37. The summed E-state index contributed by atoms with van der Waals surface area (Å²) in [4.78, 5) is 10.6. The van der Waals surface area contributed by atoms with Gasteiger partial charge in [0.25, 0.3) is 0 Å². The average Bonchev–Trinajstić information content (AvgIpc) is 2.77. The van der Waals surface area contributed by atoms with Crippen molar-refractivity contribution in [2.75, 3.05) is 0 Å². The van der Waals surface area contributed by atoms with Gasteiger partial charge < -0.3 is 9.52 Å². The molecule has 1 N–H and O–H groups in total. The second-order valence-electron chi connectivity index (χ2n) is 3.95. The minimum atomic E-state index is -0.937. The van der Waals surface area contributed by atoms with E-state index in [0.29, 0.717) is 5.56 Å². The van der Waals surface area contributed by atoms with Crippen LogP contribution in [-0.2, 0) is 4.79 Å². The van der Waals surface area contributed by atoms with Gasteiger partial charge in [0.15, 0.2) is 0 Å². The van der Waals surface area contributed by atoms with Gasteiger partial charge in [0, 0.05) is 11.5 Å². The Balaban J connectivity index is 2.22. The first-order chi connectivity index (χ1) is 8.56. The minimum absolute atomic E-state index is 0.0925. The van der Waals surface area contributed by atoms with Crippen molar-refractivity contribution in [3.63, 3.8) is 0 Å². The van der Waals surface area contributed by atoms with Gasteiger partial charge in [-0.1, -0.05) is 13.0 Å². The number of carboxylic acids is 1. The first-order valence-electron chi connectivity index (χ1n) is 5.37. The molecular formula is C12H11FN2O3. The van der Waals surface area contributed by atoms with Crippen LogP contribution in [0, 0.1) is 5.82 Å². The Morgan fingerprint density at radius 1 is 1.50 bits per heavy atom. The fraction of sp³-hybridized carbons (Fsp3) is 0.250. The van der Waals surface area contributed by atoms with E-state index >= 15 is 0 Å². The standard InChI is InChI=1S/C12H11FN2O3/c1-7(5-10(16)17)11-14-15-12(18-11)8-3-2-4-9(13)6-8/h2-4,6-7H,5H2,1H3,(H,16,17). The van der Waals surface area contributed by atoms with Gasteiger partial charge in [-0.15, -0.1) is 10.2 Å². The molecule has 0 aliphatic carbocycles. The van der Waals surface area contributed by atoms with Gasteiger partial charge in [-0.3, -0.25) is 4.79 Å². The number of hydrogen-bond donors (Lipinski definition) is 1. The quantitative estimate of drug-likeness (QED) is 0.901. The van der Waals surface area contributed by atoms with Crippen molar-refractivity contribution in [1.82, 2.24) is 10.2 Å². The van der Waals surface area contributed by atoms with Gasteiger partial charge in [0.1, 0.15) is 5.82 Å². The van der Waals surface area contributed by atoms with Crippen LogP contribution in [0.1, 0.15) is 25.2 Å². The van der Waals surface area contributed by atoms with Crippen LogP contribution in [0.15, 0.2) is 28.7 Å². The lowest BCUT2D eigenvalue weighted by molar-refractivity contribution is -0.137. The van der Waals surface area contributed by atoms with Crippen molar-refractivity contribution in [2.24, 2.45) is 0 Å². The highest BCUT2D eigenvalue weighted by Gasteiger charge is 2.17. The molecular weight excluding hydrogens is 239 g/mol. The minimum Gasteiger partial charge on any atom is -0.481 e. The van der Waals surface area contributed by atoms with Crippen LogP contribution in [-0.4, -0.2) is 21.3 Å². The van der Waals surface area contributed by atoms with E-state index in [1.54, 1.807) is 13.0 Å². The highest BCUT2D eigenvalue weighted by molar-refractivity contribution is 5.67. The second kappa shape index (κ2) is 4.95. The molecule has 18 heavy (non-hydrogen) atoms. The Bertz CT molecular complexity index is 568. The van der Waals surface area contributed by atoms with Crippen molar-refractivity contribution in [1.29, 1.82) is 0 Å². The molecule has 0 fully saturated rings. The monoisotopic (exact) mass is 250 g/mol. The van der Waals surface area contributed by atoms with E-state index in [-0.39, 0.29) is 24.1 Å². The van der Waals surface area contributed by atoms with Gasteiger partial charge in [0.2, 0.25) is 11.8 Å². The summed E-state index contributed by atoms with van der Waals surface area (Å²) in [5, 5.41) is 16.2. The first kappa shape index (κ1) is 12.2. The maximum Gasteiger partial charge on any atom is 0.304 e. The van der Waals surface area contributed by atoms with E-state index in [4.69, 9.17) is 9.52 Å². The van der Waals surface area contributed by atoms with Gasteiger partial charge in [-0.2, -0.15) is 0 Å². The Labute approximate surface area is 102 Å². The zero-order valence-corrected chi connectivity index (χ0v) is 9.63. The number of hydrogen-bond acceptors (Lipinski definition) is 4. The van der Waals surface area contributed by atoms with Crippen LogP contribution in [0.3, 0.4) is 0 Å². The summed E-state index contributed by atoms with van der Waals surface area (Å²) >= 11 is 0. The molecule has 1 atom stereocenters. The number of rotatable bonds is 4. The van der Waals surface area contributed by atoms with Gasteiger partial charge in [-0.05, 0) is 18.2 Å². The topological polar surface area (TPSA) is 76.2 Å². The summed E-state index contributed by atoms with van der Waals surface area (Å²) in [5.74, 6) is -1.30. The van der Waals surface area contributed by atoms with Gasteiger partial charge in [-0.25, -0.2) is 4.39 Å². The molecule has 5 nitrogen and oxygen atoms in total. The maximum atomic E-state index is 13.0. The number of benzene rings is 1. The van der Waals surface area contributed by atoms with E-state index in [2.05, 4.69) is 10.2 Å². The van der Waals surface area contributed by atoms with Crippen LogP contribution in [0.5, 0.6) is 0 Å². The largest absolute Gasteiger partial charge is 0.481 e. The maximum absolute atomic E-state index is 13.0. The molecule has 2 rings (SSSR count). The highest BCUT2D eigenvalue weighted by atomic mass is 19.1. The second-order valence-corrected chi connectivity index (χ2v) is 3.95. The molecule has 1 aromatic carbocycles. The lowest BCUT2D eigenvalue weighted by Gasteiger charge is -2.01. The SMILES string of the molecule is CC(CC(=O)O)c1nnc(-c2cccc(F)c2)o1. The van der Waals surface area contributed by atoms with Crippen molar-refractivity contribution < 1.29 is 18.7 Å². The van der Waals surface area contributed by atoms with E-state index in [0.717, 1.165) is 0 Å². The summed E-state index contributed by atoms with van der Waals surface area (Å²) in [7, 11) is 0. The molecule has 6 heteroatoms. The Morgan fingerprint density at radius 2 is 2.28 bits per heavy atom. The zero-order chi connectivity index (χ0) is 13.1. The number of carboxylic acid groups (broad SMARTS) is 1. The van der Waals surface area contributed by atoms with Crippen LogP contribution in [0.25, 0.3) is 11.5 Å². The Hall–Kier alpha value is -2.24. The molecule has 1 heterocycles. The van der Waals surface area contributed by atoms with Gasteiger partial charge >= 0.3 is 5.97 Å². The summed E-state index contributed by atoms with van der Waals surface area (Å²) in [5.41, 5.74) is 0.469. The summed E-state index contributed by atoms with van der Waals surface area (Å²) in [6, 6.07) is 5.77. The lowest BCUT2D eigenvalue weighted by Crippen LogP contribution is -2.02. The lowest BCUT2D eigenvalue weighted by atomic mass is 10.1. The van der Waals surface area contributed by atoms with Crippen molar-refractivity contribution in [2.45, 2.75) is 19.3 Å². The van der Waals surface area contributed by atoms with E-state index < -0.39 is 11.8 Å². The Morgan fingerprint density at radius 3 is 2.94 bits per heavy atom. The third-order valence-corrected chi connectivity index (χ3v) is 2.41. The zero-order valence-electron chi connectivity index (χ0n) is 9.63. The average molecular weight is 250 g/mol. The number of carbonyl (C=O) groups is 1. The number of aromatic nitrogens is 2.